The average Bonchev–Trinajstić information content (AvgIpc) is 3.19. The number of hydrogen-bond donors (Lipinski definition) is 1. The molecule has 1 saturated heterocycles. The van der Waals surface area contributed by atoms with Gasteiger partial charge in [0.05, 0.1) is 11.4 Å². The Balaban J connectivity index is 1.80. The quantitative estimate of drug-likeness (QED) is 0.929. The van der Waals surface area contributed by atoms with E-state index in [1.165, 1.54) is 11.3 Å². The van der Waals surface area contributed by atoms with E-state index in [1.54, 1.807) is 10.9 Å². The van der Waals surface area contributed by atoms with Crippen LogP contribution in [0.5, 0.6) is 0 Å². The molecule has 2 heterocycles. The predicted molar refractivity (Wildman–Crippen MR) is 85.7 cm³/mol. The van der Waals surface area contributed by atoms with Crippen molar-refractivity contribution in [3.8, 4) is 0 Å². The van der Waals surface area contributed by atoms with Gasteiger partial charge in [-0.2, -0.15) is 0 Å². The number of carbonyl (C=O) groups excluding carboxylic acids is 2. The first kappa shape index (κ1) is 15.5. The Morgan fingerprint density at radius 2 is 2.14 bits per heavy atom. The second-order valence-corrected chi connectivity index (χ2v) is 7.56. The van der Waals surface area contributed by atoms with Crippen molar-refractivity contribution in [2.45, 2.75) is 45.6 Å². The van der Waals surface area contributed by atoms with Gasteiger partial charge in [0.1, 0.15) is 5.69 Å². The van der Waals surface area contributed by atoms with Crippen LogP contribution in [0.3, 0.4) is 0 Å². The molecule has 22 heavy (non-hydrogen) atoms. The van der Waals surface area contributed by atoms with E-state index < -0.39 is 0 Å². The topological polar surface area (TPSA) is 62.3 Å². The molecule has 1 aromatic rings. The first-order valence-corrected chi connectivity index (χ1v) is 8.94. The highest BCUT2D eigenvalue weighted by molar-refractivity contribution is 7.07. The maximum Gasteiger partial charge on any atom is 0.273 e. The highest BCUT2D eigenvalue weighted by Crippen LogP contribution is 2.49. The van der Waals surface area contributed by atoms with E-state index in [2.05, 4.69) is 10.3 Å². The summed E-state index contributed by atoms with van der Waals surface area (Å²) in [4.78, 5) is 31.1. The minimum atomic E-state index is -0.0833. The smallest absolute Gasteiger partial charge is 0.273 e. The number of thiazole rings is 1. The minimum Gasteiger partial charge on any atom is -0.354 e. The highest BCUT2D eigenvalue weighted by atomic mass is 32.1. The molecular formula is C16H23N3O2S. The molecule has 3 rings (SSSR count). The summed E-state index contributed by atoms with van der Waals surface area (Å²) in [6.45, 7) is 5.17. The van der Waals surface area contributed by atoms with Gasteiger partial charge in [0.15, 0.2) is 0 Å². The monoisotopic (exact) mass is 321 g/mol. The molecular weight excluding hydrogens is 298 g/mol. The van der Waals surface area contributed by atoms with Crippen molar-refractivity contribution < 1.29 is 9.59 Å². The first-order valence-electron chi connectivity index (χ1n) is 8.00. The zero-order valence-corrected chi connectivity index (χ0v) is 14.0. The van der Waals surface area contributed by atoms with E-state index in [4.69, 9.17) is 0 Å². The van der Waals surface area contributed by atoms with E-state index >= 15 is 0 Å². The fourth-order valence-electron chi connectivity index (χ4n) is 3.94. The van der Waals surface area contributed by atoms with Crippen LogP contribution in [0.4, 0.5) is 0 Å². The van der Waals surface area contributed by atoms with E-state index in [9.17, 15) is 9.59 Å². The van der Waals surface area contributed by atoms with Crippen molar-refractivity contribution >= 4 is 23.2 Å². The van der Waals surface area contributed by atoms with Crippen LogP contribution in [-0.4, -0.2) is 40.8 Å². The summed E-state index contributed by atoms with van der Waals surface area (Å²) in [5.41, 5.74) is 2.16. The number of carbonyl (C=O) groups is 2. The Morgan fingerprint density at radius 3 is 2.73 bits per heavy atom. The van der Waals surface area contributed by atoms with Crippen LogP contribution in [0, 0.1) is 11.3 Å². The number of rotatable bonds is 3. The van der Waals surface area contributed by atoms with Crippen LogP contribution in [-0.2, 0) is 4.79 Å². The van der Waals surface area contributed by atoms with Crippen molar-refractivity contribution in [3.05, 3.63) is 16.6 Å². The molecule has 1 aromatic heterocycles. The van der Waals surface area contributed by atoms with E-state index in [0.717, 1.165) is 25.7 Å². The average molecular weight is 321 g/mol. The van der Waals surface area contributed by atoms with Gasteiger partial charge in [-0.15, -0.1) is 11.3 Å². The van der Waals surface area contributed by atoms with Gasteiger partial charge in [-0.25, -0.2) is 4.98 Å². The lowest BCUT2D eigenvalue weighted by Crippen LogP contribution is -2.42. The Hall–Kier alpha value is -1.43. The maximum absolute atomic E-state index is 12.6. The molecule has 0 bridgehead atoms. The second kappa shape index (κ2) is 5.99. The molecule has 120 valence electrons. The van der Waals surface area contributed by atoms with E-state index in [0.29, 0.717) is 18.8 Å². The van der Waals surface area contributed by atoms with Crippen molar-refractivity contribution in [2.75, 3.05) is 13.1 Å². The van der Waals surface area contributed by atoms with Crippen molar-refractivity contribution in [1.82, 2.24) is 15.2 Å². The van der Waals surface area contributed by atoms with Crippen LogP contribution in [0.1, 0.15) is 50.0 Å². The second-order valence-electron chi connectivity index (χ2n) is 6.84. The van der Waals surface area contributed by atoms with Crippen LogP contribution in [0.25, 0.3) is 0 Å². The molecule has 1 unspecified atom stereocenters. The van der Waals surface area contributed by atoms with Gasteiger partial charge in [-0.3, -0.25) is 9.59 Å². The molecule has 2 amide bonds. The lowest BCUT2D eigenvalue weighted by atomic mass is 9.76. The van der Waals surface area contributed by atoms with Crippen LogP contribution >= 0.6 is 11.3 Å². The molecule has 1 N–H and O–H groups in total. The molecule has 0 aromatic carbocycles. The molecule has 1 aliphatic carbocycles. The van der Waals surface area contributed by atoms with Crippen LogP contribution in [0.15, 0.2) is 10.9 Å². The fourth-order valence-corrected chi connectivity index (χ4v) is 4.46. The largest absolute Gasteiger partial charge is 0.354 e. The molecule has 1 atom stereocenters. The van der Waals surface area contributed by atoms with Crippen molar-refractivity contribution in [3.63, 3.8) is 0 Å². The summed E-state index contributed by atoms with van der Waals surface area (Å²) < 4.78 is 0. The molecule has 0 radical (unpaired) electrons. The zero-order chi connectivity index (χ0) is 15.7. The summed E-state index contributed by atoms with van der Waals surface area (Å²) in [7, 11) is 0. The molecule has 1 spiro atoms. The Kier molecular flexibility index (Phi) is 4.21. The lowest BCUT2D eigenvalue weighted by molar-refractivity contribution is -0.128. The van der Waals surface area contributed by atoms with Gasteiger partial charge < -0.3 is 10.2 Å². The van der Waals surface area contributed by atoms with Gasteiger partial charge in [0.2, 0.25) is 5.91 Å². The van der Waals surface area contributed by atoms with E-state index in [1.807, 2.05) is 18.7 Å². The third kappa shape index (κ3) is 2.76. The summed E-state index contributed by atoms with van der Waals surface area (Å²) in [6, 6.07) is 0.134. The Bertz CT molecular complexity index is 550. The Labute approximate surface area is 135 Å². The third-order valence-corrected chi connectivity index (χ3v) is 5.52. The first-order chi connectivity index (χ1) is 10.5. The molecule has 6 heteroatoms. The SMILES string of the molecule is CC(C)NC(=O)C1CN(C(=O)c2cscn2)CC12CCCC2. The van der Waals surface area contributed by atoms with Gasteiger partial charge >= 0.3 is 0 Å². The summed E-state index contributed by atoms with van der Waals surface area (Å²) >= 11 is 1.43. The number of likely N-dealkylation sites (tertiary alicyclic amines) is 1. The number of aromatic nitrogens is 1. The van der Waals surface area contributed by atoms with Crippen LogP contribution < -0.4 is 5.32 Å². The standard InChI is InChI=1S/C16H23N3O2S/c1-11(2)18-14(20)12-7-19(9-16(12)5-3-4-6-16)15(21)13-8-22-10-17-13/h8,10-12H,3-7,9H2,1-2H3,(H,18,20). The van der Waals surface area contributed by atoms with Crippen molar-refractivity contribution in [2.24, 2.45) is 11.3 Å². The van der Waals surface area contributed by atoms with Gasteiger partial charge in [0, 0.05) is 29.9 Å². The number of hydrogen-bond acceptors (Lipinski definition) is 4. The maximum atomic E-state index is 12.6. The predicted octanol–water partition coefficient (Wildman–Crippen LogP) is 2.30. The minimum absolute atomic E-state index is 0.0232. The normalized spacial score (nSPS) is 23.4. The molecule has 2 fully saturated rings. The molecule has 1 aliphatic heterocycles. The lowest BCUT2D eigenvalue weighted by Gasteiger charge is -2.29. The molecule has 1 saturated carbocycles. The van der Waals surface area contributed by atoms with Gasteiger partial charge in [-0.05, 0) is 26.7 Å². The van der Waals surface area contributed by atoms with Crippen molar-refractivity contribution in [1.29, 1.82) is 0 Å². The van der Waals surface area contributed by atoms with Gasteiger partial charge in [-0.1, -0.05) is 12.8 Å². The number of amides is 2. The summed E-state index contributed by atoms with van der Waals surface area (Å²) in [5, 5.41) is 4.82. The molecule has 5 nitrogen and oxygen atoms in total. The highest BCUT2D eigenvalue weighted by Gasteiger charge is 2.52. The Morgan fingerprint density at radius 1 is 1.41 bits per heavy atom. The van der Waals surface area contributed by atoms with Gasteiger partial charge in [0.25, 0.3) is 5.91 Å². The van der Waals surface area contributed by atoms with Crippen LogP contribution in [0.2, 0.25) is 0 Å². The summed E-state index contributed by atoms with van der Waals surface area (Å²) in [6.07, 6.45) is 4.41. The van der Waals surface area contributed by atoms with E-state index in [-0.39, 0.29) is 29.2 Å². The zero-order valence-electron chi connectivity index (χ0n) is 13.2. The number of nitrogens with zero attached hydrogens (tertiary/aromatic N) is 2. The fraction of sp³-hybridized carbons (Fsp3) is 0.688. The number of nitrogens with one attached hydrogen (secondary N) is 1. The third-order valence-electron chi connectivity index (χ3n) is 4.93. The molecule has 2 aliphatic rings. The summed E-state index contributed by atoms with van der Waals surface area (Å²) in [5.74, 6) is -0.0159.